The molecule has 2 amide bonds. The van der Waals surface area contributed by atoms with Crippen LogP contribution < -0.4 is 4.90 Å². The number of rotatable bonds is 2. The molecule has 4 heteroatoms. The van der Waals surface area contributed by atoms with Crippen LogP contribution >= 0.6 is 0 Å². The molecular formula is C23H16N2O2. The fraction of sp³-hybridized carbons (Fsp3) is 0.0435. The summed E-state index contributed by atoms with van der Waals surface area (Å²) in [6.07, 6.45) is 0. The third-order valence-electron chi connectivity index (χ3n) is 5.14. The van der Waals surface area contributed by atoms with E-state index in [1.807, 2.05) is 66.2 Å². The van der Waals surface area contributed by atoms with Crippen LogP contribution in [0.5, 0.6) is 0 Å². The Morgan fingerprint density at radius 3 is 1.89 bits per heavy atom. The van der Waals surface area contributed by atoms with Gasteiger partial charge < -0.3 is 4.57 Å². The lowest BCUT2D eigenvalue weighted by Gasteiger charge is -2.18. The van der Waals surface area contributed by atoms with E-state index < -0.39 is 0 Å². The first-order chi connectivity index (χ1) is 13.2. The van der Waals surface area contributed by atoms with Gasteiger partial charge in [-0.2, -0.15) is 0 Å². The summed E-state index contributed by atoms with van der Waals surface area (Å²) in [5, 5.41) is 1.01. The van der Waals surface area contributed by atoms with Crippen molar-refractivity contribution >= 4 is 28.5 Å². The van der Waals surface area contributed by atoms with Crippen molar-refractivity contribution in [3.05, 3.63) is 90.0 Å². The number of para-hydroxylation sites is 1. The Labute approximate surface area is 156 Å². The third-order valence-corrected chi connectivity index (χ3v) is 5.14. The van der Waals surface area contributed by atoms with E-state index in [1.54, 1.807) is 24.3 Å². The number of aromatic nitrogens is 1. The Morgan fingerprint density at radius 2 is 1.22 bits per heavy atom. The summed E-state index contributed by atoms with van der Waals surface area (Å²) in [6, 6.07) is 24.8. The van der Waals surface area contributed by atoms with Crippen LogP contribution in [0, 0.1) is 0 Å². The van der Waals surface area contributed by atoms with Gasteiger partial charge in [0.25, 0.3) is 11.8 Å². The van der Waals surface area contributed by atoms with E-state index in [9.17, 15) is 9.59 Å². The second-order valence-electron chi connectivity index (χ2n) is 6.63. The smallest absolute Gasteiger partial charge is 0.267 e. The van der Waals surface area contributed by atoms with Crippen molar-refractivity contribution in [2.45, 2.75) is 0 Å². The highest BCUT2D eigenvalue weighted by molar-refractivity contribution is 6.35. The summed E-state index contributed by atoms with van der Waals surface area (Å²) in [5.74, 6) is 0.0472. The van der Waals surface area contributed by atoms with Gasteiger partial charge in [-0.3, -0.25) is 9.59 Å². The van der Waals surface area contributed by atoms with Gasteiger partial charge in [0.05, 0.1) is 16.6 Å². The predicted molar refractivity (Wildman–Crippen MR) is 106 cm³/mol. The molecule has 130 valence electrons. The van der Waals surface area contributed by atoms with E-state index in [2.05, 4.69) is 0 Å². The number of hydrogen-bond donors (Lipinski definition) is 0. The number of benzene rings is 3. The lowest BCUT2D eigenvalue weighted by molar-refractivity contribution is 0.0924. The molecule has 0 saturated carbocycles. The summed E-state index contributed by atoms with van der Waals surface area (Å²) in [6.45, 7) is 0. The maximum atomic E-state index is 13.1. The Hall–Kier alpha value is -3.66. The zero-order chi connectivity index (χ0) is 18.5. The molecule has 0 fully saturated rings. The van der Waals surface area contributed by atoms with E-state index >= 15 is 0 Å². The van der Waals surface area contributed by atoms with Crippen LogP contribution in [-0.4, -0.2) is 16.4 Å². The van der Waals surface area contributed by atoms with E-state index in [0.29, 0.717) is 16.9 Å². The molecule has 0 aliphatic carbocycles. The Morgan fingerprint density at radius 1 is 0.667 bits per heavy atom. The van der Waals surface area contributed by atoms with Crippen molar-refractivity contribution in [2.24, 2.45) is 7.05 Å². The largest absolute Gasteiger partial charge is 0.329 e. The van der Waals surface area contributed by atoms with Gasteiger partial charge in [0.1, 0.15) is 5.82 Å². The molecule has 1 aliphatic heterocycles. The second kappa shape index (κ2) is 5.68. The van der Waals surface area contributed by atoms with Crippen LogP contribution in [0.3, 0.4) is 0 Å². The summed E-state index contributed by atoms with van der Waals surface area (Å²) in [5.41, 5.74) is 3.74. The zero-order valence-electron chi connectivity index (χ0n) is 14.7. The molecule has 0 bridgehead atoms. The highest BCUT2D eigenvalue weighted by atomic mass is 16.2. The Balaban J connectivity index is 1.84. The minimum absolute atomic E-state index is 0.279. The van der Waals surface area contributed by atoms with Gasteiger partial charge in [-0.15, -0.1) is 0 Å². The molecule has 5 rings (SSSR count). The van der Waals surface area contributed by atoms with Gasteiger partial charge in [-0.1, -0.05) is 60.7 Å². The number of fused-ring (bicyclic) bond motifs is 2. The van der Waals surface area contributed by atoms with Crippen LogP contribution in [-0.2, 0) is 7.05 Å². The van der Waals surface area contributed by atoms with E-state index in [1.165, 1.54) is 4.90 Å². The van der Waals surface area contributed by atoms with Gasteiger partial charge >= 0.3 is 0 Å². The SMILES string of the molecule is Cn1c(N2C(=O)c3ccccc3C2=O)c(-c2ccccc2)c2ccccc21. The van der Waals surface area contributed by atoms with Crippen molar-refractivity contribution in [3.63, 3.8) is 0 Å². The van der Waals surface area contributed by atoms with E-state index in [-0.39, 0.29) is 11.8 Å². The molecule has 1 aromatic heterocycles. The number of imide groups is 1. The van der Waals surface area contributed by atoms with E-state index in [4.69, 9.17) is 0 Å². The molecule has 0 unspecified atom stereocenters. The van der Waals surface area contributed by atoms with Crippen molar-refractivity contribution in [2.75, 3.05) is 4.90 Å². The summed E-state index contributed by atoms with van der Waals surface area (Å²) >= 11 is 0. The summed E-state index contributed by atoms with van der Waals surface area (Å²) in [4.78, 5) is 27.5. The molecule has 4 nitrogen and oxygen atoms in total. The van der Waals surface area contributed by atoms with Crippen molar-refractivity contribution < 1.29 is 9.59 Å². The highest BCUT2D eigenvalue weighted by Gasteiger charge is 2.39. The molecule has 0 saturated heterocycles. The topological polar surface area (TPSA) is 42.3 Å². The average Bonchev–Trinajstić information content (AvgIpc) is 3.14. The lowest BCUT2D eigenvalue weighted by atomic mass is 10.0. The minimum Gasteiger partial charge on any atom is -0.329 e. The molecule has 27 heavy (non-hydrogen) atoms. The second-order valence-corrected chi connectivity index (χ2v) is 6.63. The normalized spacial score (nSPS) is 13.4. The first kappa shape index (κ1) is 15.6. The number of anilines is 1. The molecule has 3 aromatic carbocycles. The maximum Gasteiger partial charge on any atom is 0.267 e. The number of aryl methyl sites for hydroxylation is 1. The zero-order valence-corrected chi connectivity index (χ0v) is 14.7. The molecular weight excluding hydrogens is 336 g/mol. The molecule has 4 aromatic rings. The summed E-state index contributed by atoms with van der Waals surface area (Å²) < 4.78 is 1.93. The molecule has 0 spiro atoms. The highest BCUT2D eigenvalue weighted by Crippen LogP contribution is 2.42. The Bertz CT molecular complexity index is 1190. The molecule has 2 heterocycles. The fourth-order valence-electron chi connectivity index (χ4n) is 3.91. The van der Waals surface area contributed by atoms with Crippen LogP contribution in [0.1, 0.15) is 20.7 Å². The van der Waals surface area contributed by atoms with Gasteiger partial charge in [0, 0.05) is 18.0 Å². The van der Waals surface area contributed by atoms with E-state index in [0.717, 1.165) is 22.0 Å². The standard InChI is InChI=1S/C23H16N2O2/c1-24-19-14-8-7-13-18(19)20(15-9-3-2-4-10-15)21(24)25-22(26)16-11-5-6-12-17(16)23(25)27/h2-14H,1H3. The molecule has 1 aliphatic rings. The van der Waals surface area contributed by atoms with Crippen LogP contribution in [0.15, 0.2) is 78.9 Å². The first-order valence-corrected chi connectivity index (χ1v) is 8.79. The Kier molecular flexibility index (Phi) is 3.28. The van der Waals surface area contributed by atoms with Gasteiger partial charge in [0.2, 0.25) is 0 Å². The number of carbonyl (C=O) groups is 2. The third kappa shape index (κ3) is 2.10. The van der Waals surface area contributed by atoms with Crippen LogP contribution in [0.4, 0.5) is 5.82 Å². The predicted octanol–water partition coefficient (Wildman–Crippen LogP) is 4.65. The molecule has 0 radical (unpaired) electrons. The number of nitrogens with zero attached hydrogens (tertiary/aromatic N) is 2. The maximum absolute atomic E-state index is 13.1. The lowest BCUT2D eigenvalue weighted by Crippen LogP contribution is -2.31. The van der Waals surface area contributed by atoms with Gasteiger partial charge in [0.15, 0.2) is 0 Å². The van der Waals surface area contributed by atoms with Crippen molar-refractivity contribution in [1.82, 2.24) is 4.57 Å². The van der Waals surface area contributed by atoms with Gasteiger partial charge in [-0.05, 0) is 23.8 Å². The molecule has 0 N–H and O–H groups in total. The number of hydrogen-bond acceptors (Lipinski definition) is 2. The average molecular weight is 352 g/mol. The monoisotopic (exact) mass is 352 g/mol. The van der Waals surface area contributed by atoms with Crippen LogP contribution in [0.2, 0.25) is 0 Å². The fourth-order valence-corrected chi connectivity index (χ4v) is 3.91. The quantitative estimate of drug-likeness (QED) is 0.493. The molecule has 0 atom stereocenters. The van der Waals surface area contributed by atoms with Crippen molar-refractivity contribution in [3.8, 4) is 11.1 Å². The van der Waals surface area contributed by atoms with Crippen LogP contribution in [0.25, 0.3) is 22.0 Å². The van der Waals surface area contributed by atoms with Crippen molar-refractivity contribution in [1.29, 1.82) is 0 Å². The van der Waals surface area contributed by atoms with Gasteiger partial charge in [-0.25, -0.2) is 4.90 Å². The first-order valence-electron chi connectivity index (χ1n) is 8.79. The summed E-state index contributed by atoms with van der Waals surface area (Å²) in [7, 11) is 1.90. The number of amides is 2. The number of carbonyl (C=O) groups excluding carboxylic acids is 2. The minimum atomic E-state index is -0.279.